The van der Waals surface area contributed by atoms with Crippen molar-refractivity contribution in [2.45, 2.75) is 57.8 Å². The average Bonchev–Trinajstić information content (AvgIpc) is 2.83. The zero-order valence-electron chi connectivity index (χ0n) is 21.8. The third-order valence-corrected chi connectivity index (χ3v) is 6.21. The van der Waals surface area contributed by atoms with Gasteiger partial charge in [0.25, 0.3) is 0 Å². The number of ether oxygens (including phenoxy) is 3. The summed E-state index contributed by atoms with van der Waals surface area (Å²) in [6.45, 7) is 8.78. The molecule has 1 amide bonds. The maximum Gasteiger partial charge on any atom is 0.410 e. The van der Waals surface area contributed by atoms with Gasteiger partial charge in [-0.3, -0.25) is 0 Å². The number of hydrogen-bond donors (Lipinski definition) is 2. The van der Waals surface area contributed by atoms with Crippen LogP contribution < -0.4 is 20.9 Å². The van der Waals surface area contributed by atoms with Crippen molar-refractivity contribution < 1.29 is 19.0 Å². The molecule has 2 aromatic rings. The van der Waals surface area contributed by atoms with E-state index in [-0.39, 0.29) is 12.1 Å². The van der Waals surface area contributed by atoms with Crippen LogP contribution in [0, 0.1) is 0 Å². The van der Waals surface area contributed by atoms with Crippen LogP contribution in [-0.2, 0) is 4.74 Å². The van der Waals surface area contributed by atoms with E-state index in [0.717, 1.165) is 33.8 Å². The second-order valence-corrected chi connectivity index (χ2v) is 9.94. The van der Waals surface area contributed by atoms with Gasteiger partial charge in [0.1, 0.15) is 22.7 Å². The zero-order chi connectivity index (χ0) is 25.8. The first-order chi connectivity index (χ1) is 16.6. The first-order valence-corrected chi connectivity index (χ1v) is 12.1. The molecule has 7 nitrogen and oxygen atoms in total. The zero-order valence-corrected chi connectivity index (χ0v) is 21.8. The molecule has 4 rings (SSSR count). The number of nitrogens with two attached hydrogens (primary N) is 2. The number of hydrogen-bond acceptors (Lipinski definition) is 6. The Kier molecular flexibility index (Phi) is 8.13. The van der Waals surface area contributed by atoms with Crippen LogP contribution in [0.15, 0.2) is 48.5 Å². The maximum atomic E-state index is 12.6. The lowest BCUT2D eigenvalue weighted by Gasteiger charge is -2.43. The van der Waals surface area contributed by atoms with Gasteiger partial charge in [0, 0.05) is 32.0 Å². The van der Waals surface area contributed by atoms with Crippen molar-refractivity contribution in [3.8, 4) is 11.5 Å². The van der Waals surface area contributed by atoms with Gasteiger partial charge in [0.2, 0.25) is 0 Å². The summed E-state index contributed by atoms with van der Waals surface area (Å²) >= 11 is 0. The summed E-state index contributed by atoms with van der Waals surface area (Å²) in [4.78, 5) is 14.3. The van der Waals surface area contributed by atoms with E-state index in [0.29, 0.717) is 25.9 Å². The van der Waals surface area contributed by atoms with Crippen LogP contribution in [0.1, 0.15) is 63.3 Å². The number of fused-ring (bicyclic) bond motifs is 1. The molecule has 1 saturated heterocycles. The molecule has 0 aromatic heterocycles. The first-order valence-electron chi connectivity index (χ1n) is 12.1. The monoisotopic (exact) mass is 481 g/mol. The van der Waals surface area contributed by atoms with E-state index in [9.17, 15) is 4.79 Å². The molecule has 4 N–H and O–H groups in total. The van der Waals surface area contributed by atoms with Gasteiger partial charge in [0.05, 0.1) is 12.7 Å². The first kappa shape index (κ1) is 26.6. The van der Waals surface area contributed by atoms with E-state index in [2.05, 4.69) is 36.1 Å². The summed E-state index contributed by atoms with van der Waals surface area (Å²) in [6, 6.07) is 14.2. The van der Waals surface area contributed by atoms with E-state index < -0.39 is 11.2 Å². The van der Waals surface area contributed by atoms with E-state index in [1.54, 1.807) is 12.0 Å². The number of amides is 1. The van der Waals surface area contributed by atoms with Gasteiger partial charge < -0.3 is 30.6 Å². The molecule has 1 spiro atoms. The SMILES string of the molecule is CN.COc1cccc2c1C(c1ccc(C(C)N)cc1)=CC1(CCN(C(=O)OC(C)(C)C)CC1)O2. The van der Waals surface area contributed by atoms with Gasteiger partial charge in [-0.15, -0.1) is 0 Å². The molecule has 7 heteroatoms. The Hall–Kier alpha value is -3.03. The highest BCUT2D eigenvalue weighted by atomic mass is 16.6. The Morgan fingerprint density at radius 2 is 1.71 bits per heavy atom. The van der Waals surface area contributed by atoms with Crippen LogP contribution in [0.25, 0.3) is 5.57 Å². The molecule has 1 atom stereocenters. The normalized spacial score (nSPS) is 17.3. The van der Waals surface area contributed by atoms with Gasteiger partial charge in [-0.2, -0.15) is 0 Å². The fraction of sp³-hybridized carbons (Fsp3) is 0.464. The largest absolute Gasteiger partial charge is 0.496 e. The van der Waals surface area contributed by atoms with Crippen molar-refractivity contribution in [3.05, 3.63) is 65.2 Å². The quantitative estimate of drug-likeness (QED) is 0.648. The number of carbonyl (C=O) groups is 1. The second-order valence-electron chi connectivity index (χ2n) is 9.94. The lowest BCUT2D eigenvalue weighted by molar-refractivity contribution is -0.00120. The Morgan fingerprint density at radius 3 is 2.26 bits per heavy atom. The number of nitrogens with zero attached hydrogens (tertiary/aromatic N) is 1. The van der Waals surface area contributed by atoms with E-state index in [1.807, 2.05) is 45.9 Å². The van der Waals surface area contributed by atoms with E-state index in [4.69, 9.17) is 19.9 Å². The summed E-state index contributed by atoms with van der Waals surface area (Å²) in [5.74, 6) is 1.57. The highest BCUT2D eigenvalue weighted by Crippen LogP contribution is 2.47. The molecule has 2 heterocycles. The Bertz CT molecular complexity index is 1050. The number of piperidine rings is 1. The number of methoxy groups -OCH3 is 1. The summed E-state index contributed by atoms with van der Waals surface area (Å²) in [5, 5.41) is 0. The van der Waals surface area contributed by atoms with Gasteiger partial charge in [-0.25, -0.2) is 4.79 Å². The third-order valence-electron chi connectivity index (χ3n) is 6.21. The molecule has 0 bridgehead atoms. The van der Waals surface area contributed by atoms with Crippen LogP contribution in [0.2, 0.25) is 0 Å². The minimum Gasteiger partial charge on any atom is -0.496 e. The van der Waals surface area contributed by atoms with Crippen molar-refractivity contribution in [2.75, 3.05) is 27.2 Å². The van der Waals surface area contributed by atoms with Crippen LogP contribution in [0.5, 0.6) is 11.5 Å². The average molecular weight is 482 g/mol. The van der Waals surface area contributed by atoms with Gasteiger partial charge >= 0.3 is 6.09 Å². The molecular weight excluding hydrogens is 442 g/mol. The fourth-order valence-electron chi connectivity index (χ4n) is 4.45. The van der Waals surface area contributed by atoms with Crippen molar-refractivity contribution in [2.24, 2.45) is 11.5 Å². The third kappa shape index (κ3) is 5.97. The highest BCUT2D eigenvalue weighted by Gasteiger charge is 2.41. The van der Waals surface area contributed by atoms with Gasteiger partial charge in [-0.05, 0) is 69.7 Å². The van der Waals surface area contributed by atoms with Crippen molar-refractivity contribution >= 4 is 11.7 Å². The van der Waals surface area contributed by atoms with Gasteiger partial charge in [0.15, 0.2) is 0 Å². The summed E-state index contributed by atoms with van der Waals surface area (Å²) in [7, 11) is 3.18. The van der Waals surface area contributed by atoms with Crippen molar-refractivity contribution in [1.29, 1.82) is 0 Å². The predicted octanol–water partition coefficient (Wildman–Crippen LogP) is 4.88. The number of likely N-dealkylation sites (tertiary alicyclic amines) is 1. The Balaban J connectivity index is 0.00000167. The summed E-state index contributed by atoms with van der Waals surface area (Å²) in [6.07, 6.45) is 3.31. The molecule has 0 aliphatic carbocycles. The molecule has 1 unspecified atom stereocenters. The maximum absolute atomic E-state index is 12.6. The Labute approximate surface area is 209 Å². The molecule has 190 valence electrons. The van der Waals surface area contributed by atoms with Crippen LogP contribution in [-0.4, -0.2) is 49.4 Å². The smallest absolute Gasteiger partial charge is 0.410 e. The highest BCUT2D eigenvalue weighted by molar-refractivity contribution is 5.88. The Morgan fingerprint density at radius 1 is 1.09 bits per heavy atom. The van der Waals surface area contributed by atoms with Crippen LogP contribution in [0.4, 0.5) is 4.79 Å². The van der Waals surface area contributed by atoms with Crippen molar-refractivity contribution in [3.63, 3.8) is 0 Å². The number of rotatable bonds is 3. The summed E-state index contributed by atoms with van der Waals surface area (Å²) < 4.78 is 17.8. The fourth-order valence-corrected chi connectivity index (χ4v) is 4.45. The summed E-state index contributed by atoms with van der Waals surface area (Å²) in [5.41, 5.74) is 13.8. The van der Waals surface area contributed by atoms with Crippen LogP contribution >= 0.6 is 0 Å². The molecule has 0 radical (unpaired) electrons. The van der Waals surface area contributed by atoms with Crippen molar-refractivity contribution in [1.82, 2.24) is 4.90 Å². The number of benzene rings is 2. The van der Waals surface area contributed by atoms with Crippen LogP contribution in [0.3, 0.4) is 0 Å². The lowest BCUT2D eigenvalue weighted by Crippen LogP contribution is -2.50. The van der Waals surface area contributed by atoms with Gasteiger partial charge in [-0.1, -0.05) is 30.3 Å². The second kappa shape index (κ2) is 10.7. The van der Waals surface area contributed by atoms with E-state index >= 15 is 0 Å². The molecule has 2 aliphatic heterocycles. The molecule has 1 fully saturated rings. The lowest BCUT2D eigenvalue weighted by atomic mass is 9.82. The molecule has 2 aliphatic rings. The standard InChI is InChI=1S/C27H34N2O4.CH5N/c1-18(28)19-9-11-20(12-10-19)21-17-27(32-23-8-6-7-22(31-5)24(21)23)13-15-29(16-14-27)25(30)33-26(2,3)4;1-2/h6-12,17-18H,13-16,28H2,1-5H3;2H2,1H3. The molecule has 0 saturated carbocycles. The number of carbonyl (C=O) groups excluding carboxylic acids is 1. The molecular formula is C28H39N3O4. The minimum absolute atomic E-state index is 0.0203. The van der Waals surface area contributed by atoms with E-state index in [1.165, 1.54) is 7.05 Å². The minimum atomic E-state index is -0.511. The molecule has 2 aromatic carbocycles. The predicted molar refractivity (Wildman–Crippen MR) is 140 cm³/mol. The topological polar surface area (TPSA) is 100 Å². The molecule has 35 heavy (non-hydrogen) atoms.